The van der Waals surface area contributed by atoms with E-state index in [4.69, 9.17) is 11.6 Å². The Balaban J connectivity index is 1.34. The highest BCUT2D eigenvalue weighted by molar-refractivity contribution is 7.18. The van der Waals surface area contributed by atoms with Crippen LogP contribution in [0.25, 0.3) is 10.2 Å². The summed E-state index contributed by atoms with van der Waals surface area (Å²) in [5.41, 5.74) is 3.71. The summed E-state index contributed by atoms with van der Waals surface area (Å²) < 4.78 is 1.15. The number of piperidine rings is 1. The second kappa shape index (κ2) is 8.54. The lowest BCUT2D eigenvalue weighted by molar-refractivity contribution is 0.298. The fourth-order valence-electron chi connectivity index (χ4n) is 4.04. The van der Waals surface area contributed by atoms with Gasteiger partial charge in [-0.15, -0.1) is 11.3 Å². The van der Waals surface area contributed by atoms with Crippen LogP contribution in [0.1, 0.15) is 37.8 Å². The third-order valence-corrected chi connectivity index (χ3v) is 6.90. The molecule has 0 bridgehead atoms. The number of halogens is 1. The monoisotopic (exact) mass is 429 g/mol. The van der Waals surface area contributed by atoms with Crippen LogP contribution in [0, 0.1) is 12.3 Å². The quantitative estimate of drug-likeness (QED) is 0.566. The summed E-state index contributed by atoms with van der Waals surface area (Å²) >= 11 is 7.92. The molecule has 5 nitrogen and oxygen atoms in total. The number of pyridine rings is 1. The van der Waals surface area contributed by atoms with Gasteiger partial charge in [0, 0.05) is 38.1 Å². The van der Waals surface area contributed by atoms with Crippen molar-refractivity contribution >= 4 is 39.0 Å². The maximum Gasteiger partial charge on any atom is 0.224 e. The molecule has 0 spiro atoms. The molecule has 4 rings (SSSR count). The Morgan fingerprint density at radius 3 is 2.66 bits per heavy atom. The molecule has 3 aromatic rings. The first-order chi connectivity index (χ1) is 13.9. The number of aryl methyl sites for hydroxylation is 1. The van der Waals surface area contributed by atoms with Crippen LogP contribution in [-0.4, -0.2) is 40.6 Å². The van der Waals surface area contributed by atoms with Crippen molar-refractivity contribution in [3.63, 3.8) is 0 Å². The lowest BCUT2D eigenvalue weighted by Crippen LogP contribution is -2.45. The predicted octanol–water partition coefficient (Wildman–Crippen LogP) is 4.88. The first kappa shape index (κ1) is 20.5. The van der Waals surface area contributed by atoms with Gasteiger partial charge in [-0.1, -0.05) is 13.8 Å². The highest BCUT2D eigenvalue weighted by Gasteiger charge is 2.25. The Kier molecular flexibility index (Phi) is 6.04. The number of rotatable bonds is 6. The lowest BCUT2D eigenvalue weighted by atomic mass is 9.85. The van der Waals surface area contributed by atoms with Crippen molar-refractivity contribution in [2.24, 2.45) is 5.41 Å². The summed E-state index contributed by atoms with van der Waals surface area (Å²) in [6.45, 7) is 9.72. The summed E-state index contributed by atoms with van der Waals surface area (Å²) in [7, 11) is 0. The molecule has 29 heavy (non-hydrogen) atoms. The van der Waals surface area contributed by atoms with Gasteiger partial charge < -0.3 is 10.2 Å². The zero-order chi connectivity index (χ0) is 20.4. The van der Waals surface area contributed by atoms with E-state index >= 15 is 0 Å². The number of hydrogen-bond donors (Lipinski definition) is 1. The van der Waals surface area contributed by atoms with Crippen LogP contribution in [0.4, 0.5) is 5.82 Å². The third-order valence-electron chi connectivity index (χ3n) is 5.64. The van der Waals surface area contributed by atoms with Crippen LogP contribution in [0.3, 0.4) is 0 Å². The highest BCUT2D eigenvalue weighted by atomic mass is 35.5. The van der Waals surface area contributed by atoms with E-state index in [1.807, 2.05) is 12.4 Å². The van der Waals surface area contributed by atoms with Crippen molar-refractivity contribution in [3.05, 3.63) is 46.3 Å². The van der Waals surface area contributed by atoms with Crippen molar-refractivity contribution in [3.8, 4) is 0 Å². The van der Waals surface area contributed by atoms with Crippen molar-refractivity contribution in [2.45, 2.75) is 46.1 Å². The van der Waals surface area contributed by atoms with Crippen molar-refractivity contribution < 1.29 is 0 Å². The number of anilines is 1. The maximum absolute atomic E-state index is 6.21. The molecule has 1 fully saturated rings. The molecule has 1 saturated heterocycles. The van der Waals surface area contributed by atoms with E-state index in [9.17, 15) is 0 Å². The largest absolute Gasteiger partial charge is 0.355 e. The van der Waals surface area contributed by atoms with E-state index in [1.54, 1.807) is 11.3 Å². The second-order valence-electron chi connectivity index (χ2n) is 8.75. The minimum atomic E-state index is 0.208. The Bertz CT molecular complexity index is 964. The van der Waals surface area contributed by atoms with E-state index in [0.29, 0.717) is 11.3 Å². The van der Waals surface area contributed by atoms with Gasteiger partial charge in [-0.05, 0) is 71.8 Å². The Morgan fingerprint density at radius 2 is 1.93 bits per heavy atom. The van der Waals surface area contributed by atoms with Crippen LogP contribution in [0.2, 0.25) is 5.28 Å². The molecule has 3 aromatic heterocycles. The average molecular weight is 430 g/mol. The first-order valence-electron chi connectivity index (χ1n) is 10.2. The molecule has 4 heterocycles. The minimum absolute atomic E-state index is 0.208. The van der Waals surface area contributed by atoms with Gasteiger partial charge in [-0.3, -0.25) is 4.98 Å². The Hall–Kier alpha value is -1.76. The van der Waals surface area contributed by atoms with Crippen LogP contribution >= 0.6 is 22.9 Å². The Labute approximate surface area is 181 Å². The Morgan fingerprint density at radius 1 is 1.21 bits per heavy atom. The number of nitrogens with zero attached hydrogens (tertiary/aromatic N) is 4. The average Bonchev–Trinajstić information content (AvgIpc) is 3.07. The van der Waals surface area contributed by atoms with Gasteiger partial charge in [-0.2, -0.15) is 4.98 Å². The zero-order valence-electron chi connectivity index (χ0n) is 17.3. The lowest BCUT2D eigenvalue weighted by Gasteiger charge is -2.35. The summed E-state index contributed by atoms with van der Waals surface area (Å²) in [5.74, 6) is 0.995. The molecule has 1 N–H and O–H groups in total. The van der Waals surface area contributed by atoms with Gasteiger partial charge in [0.1, 0.15) is 0 Å². The van der Waals surface area contributed by atoms with Crippen molar-refractivity contribution in [1.29, 1.82) is 0 Å². The minimum Gasteiger partial charge on any atom is -0.355 e. The molecule has 154 valence electrons. The summed E-state index contributed by atoms with van der Waals surface area (Å²) in [6.07, 6.45) is 7.02. The maximum atomic E-state index is 6.21. The summed E-state index contributed by atoms with van der Waals surface area (Å²) in [5, 5.41) is 6.29. The topological polar surface area (TPSA) is 53.9 Å². The van der Waals surface area contributed by atoms with E-state index in [-0.39, 0.29) is 5.41 Å². The van der Waals surface area contributed by atoms with Crippen LogP contribution in [0.15, 0.2) is 29.9 Å². The molecule has 7 heteroatoms. The molecule has 0 amide bonds. The van der Waals surface area contributed by atoms with E-state index < -0.39 is 0 Å². The van der Waals surface area contributed by atoms with E-state index in [2.05, 4.69) is 63.5 Å². The smallest absolute Gasteiger partial charge is 0.224 e. The molecular weight excluding hydrogens is 402 g/mol. The van der Waals surface area contributed by atoms with E-state index in [1.165, 1.54) is 11.1 Å². The molecular formula is C22H28ClN5S. The third kappa shape index (κ3) is 4.87. The number of hydrogen-bond acceptors (Lipinski definition) is 6. The SMILES string of the molecule is Cc1csc2c(N3CCC(NCC(C)(C)Cc4ccncc4)CC3)nc(Cl)nc12. The molecule has 1 aliphatic rings. The second-order valence-corrected chi connectivity index (χ2v) is 9.97. The van der Waals surface area contributed by atoms with Gasteiger partial charge in [0.25, 0.3) is 0 Å². The van der Waals surface area contributed by atoms with Crippen LogP contribution < -0.4 is 10.2 Å². The first-order valence-corrected chi connectivity index (χ1v) is 11.5. The van der Waals surface area contributed by atoms with E-state index in [0.717, 1.165) is 54.9 Å². The standard InChI is InChI=1S/C22H28ClN5S/c1-15-13-29-19-18(15)26-21(23)27-20(19)28-10-6-17(7-11-28)25-14-22(2,3)12-16-4-8-24-9-5-16/h4-5,8-9,13,17,25H,6-7,10-12,14H2,1-3H3. The van der Waals surface area contributed by atoms with Crippen LogP contribution in [-0.2, 0) is 6.42 Å². The molecule has 1 aliphatic heterocycles. The molecule has 0 saturated carbocycles. The fraction of sp³-hybridized carbons (Fsp3) is 0.500. The number of aromatic nitrogens is 3. The molecule has 0 aliphatic carbocycles. The van der Waals surface area contributed by atoms with Gasteiger partial charge in [0.2, 0.25) is 5.28 Å². The fourth-order valence-corrected chi connectivity index (χ4v) is 5.21. The van der Waals surface area contributed by atoms with Crippen molar-refractivity contribution in [1.82, 2.24) is 20.3 Å². The van der Waals surface area contributed by atoms with Crippen LogP contribution in [0.5, 0.6) is 0 Å². The summed E-state index contributed by atoms with van der Waals surface area (Å²) in [6, 6.07) is 4.76. The van der Waals surface area contributed by atoms with Gasteiger partial charge in [0.05, 0.1) is 10.2 Å². The normalized spacial score (nSPS) is 15.9. The van der Waals surface area contributed by atoms with Crippen molar-refractivity contribution in [2.75, 3.05) is 24.5 Å². The van der Waals surface area contributed by atoms with Gasteiger partial charge in [0.15, 0.2) is 5.82 Å². The molecule has 0 unspecified atom stereocenters. The molecule has 0 radical (unpaired) electrons. The predicted molar refractivity (Wildman–Crippen MR) is 122 cm³/mol. The number of thiophene rings is 1. The van der Waals surface area contributed by atoms with Gasteiger partial charge >= 0.3 is 0 Å². The van der Waals surface area contributed by atoms with Gasteiger partial charge in [-0.25, -0.2) is 4.98 Å². The molecule has 0 atom stereocenters. The number of fused-ring (bicyclic) bond motifs is 1. The zero-order valence-corrected chi connectivity index (χ0v) is 18.9. The summed E-state index contributed by atoms with van der Waals surface area (Å²) in [4.78, 5) is 15.5. The highest BCUT2D eigenvalue weighted by Crippen LogP contribution is 2.34. The molecule has 0 aromatic carbocycles. The number of nitrogens with one attached hydrogen (secondary N) is 1.